The lowest BCUT2D eigenvalue weighted by atomic mass is 9.95. The third-order valence-electron chi connectivity index (χ3n) is 6.11. The Morgan fingerprint density at radius 3 is 2.81 bits per heavy atom. The zero-order valence-electron chi connectivity index (χ0n) is 15.7. The van der Waals surface area contributed by atoms with Crippen LogP contribution < -0.4 is 4.74 Å². The minimum absolute atomic E-state index is 0.253. The second-order valence-corrected chi connectivity index (χ2v) is 8.83. The Morgan fingerprint density at radius 2 is 1.93 bits per heavy atom. The van der Waals surface area contributed by atoms with Crippen LogP contribution in [0, 0.1) is 0 Å². The van der Waals surface area contributed by atoms with Crippen molar-refractivity contribution < 1.29 is 9.53 Å². The van der Waals surface area contributed by atoms with Gasteiger partial charge in [-0.3, -0.25) is 9.69 Å². The first-order chi connectivity index (χ1) is 13.3. The quantitative estimate of drug-likeness (QED) is 0.814. The third kappa shape index (κ3) is 3.39. The number of benzene rings is 1. The molecule has 2 aliphatic heterocycles. The largest absolute Gasteiger partial charge is 0.493 e. The Bertz CT molecular complexity index is 852. The molecule has 0 unspecified atom stereocenters. The van der Waals surface area contributed by atoms with Crippen LogP contribution in [0.3, 0.4) is 0 Å². The smallest absolute Gasteiger partial charge is 0.255 e. The minimum Gasteiger partial charge on any atom is -0.493 e. The van der Waals surface area contributed by atoms with Gasteiger partial charge >= 0.3 is 0 Å². The molecule has 5 rings (SSSR count). The van der Waals surface area contributed by atoms with Gasteiger partial charge in [0.1, 0.15) is 5.75 Å². The van der Waals surface area contributed by atoms with Crippen LogP contribution in [0.2, 0.25) is 0 Å². The van der Waals surface area contributed by atoms with Gasteiger partial charge in [-0.1, -0.05) is 12.1 Å². The van der Waals surface area contributed by atoms with E-state index in [0.717, 1.165) is 69.9 Å². The summed E-state index contributed by atoms with van der Waals surface area (Å²) < 4.78 is 5.60. The van der Waals surface area contributed by atoms with Gasteiger partial charge < -0.3 is 9.64 Å². The Hall–Kier alpha value is -1.85. The molecule has 4 nitrogen and oxygen atoms in total. The van der Waals surface area contributed by atoms with Crippen molar-refractivity contribution in [2.75, 3.05) is 32.8 Å². The lowest BCUT2D eigenvalue weighted by Gasteiger charge is -2.35. The van der Waals surface area contributed by atoms with E-state index >= 15 is 0 Å². The molecule has 1 aromatic carbocycles. The first-order valence-corrected chi connectivity index (χ1v) is 11.0. The monoisotopic (exact) mass is 382 g/mol. The third-order valence-corrected chi connectivity index (χ3v) is 7.20. The molecule has 1 fully saturated rings. The fourth-order valence-electron chi connectivity index (χ4n) is 4.55. The van der Waals surface area contributed by atoms with Crippen LogP contribution in [-0.2, 0) is 25.8 Å². The van der Waals surface area contributed by atoms with E-state index in [9.17, 15) is 4.79 Å². The summed E-state index contributed by atoms with van der Waals surface area (Å²) in [5.74, 6) is 1.30. The molecule has 1 amide bonds. The lowest BCUT2D eigenvalue weighted by Crippen LogP contribution is -2.48. The Balaban J connectivity index is 1.20. The van der Waals surface area contributed by atoms with E-state index in [1.807, 2.05) is 0 Å². The van der Waals surface area contributed by atoms with Crippen LogP contribution in [0.25, 0.3) is 0 Å². The van der Waals surface area contributed by atoms with Crippen molar-refractivity contribution in [3.05, 3.63) is 50.7 Å². The van der Waals surface area contributed by atoms with Gasteiger partial charge in [0, 0.05) is 49.4 Å². The van der Waals surface area contributed by atoms with Crippen molar-refractivity contribution in [1.29, 1.82) is 0 Å². The van der Waals surface area contributed by atoms with Gasteiger partial charge in [0.05, 0.1) is 12.2 Å². The number of ether oxygens (including phenoxy) is 1. The maximum Gasteiger partial charge on any atom is 0.255 e. The molecule has 3 heterocycles. The van der Waals surface area contributed by atoms with Gasteiger partial charge in [-0.25, -0.2) is 0 Å². The summed E-state index contributed by atoms with van der Waals surface area (Å²) in [5.41, 5.74) is 5.02. The van der Waals surface area contributed by atoms with E-state index in [0.29, 0.717) is 0 Å². The van der Waals surface area contributed by atoms with Crippen molar-refractivity contribution >= 4 is 17.2 Å². The number of fused-ring (bicyclic) bond motifs is 2. The highest BCUT2D eigenvalue weighted by Gasteiger charge is 2.27. The number of rotatable bonds is 3. The topological polar surface area (TPSA) is 32.8 Å². The Morgan fingerprint density at radius 1 is 1.07 bits per heavy atom. The zero-order valence-corrected chi connectivity index (χ0v) is 16.5. The molecule has 0 saturated carbocycles. The molecule has 0 N–H and O–H groups in total. The van der Waals surface area contributed by atoms with E-state index in [2.05, 4.69) is 33.4 Å². The van der Waals surface area contributed by atoms with Crippen LogP contribution in [0.4, 0.5) is 0 Å². The van der Waals surface area contributed by atoms with Crippen LogP contribution in [0.15, 0.2) is 23.6 Å². The van der Waals surface area contributed by atoms with Gasteiger partial charge in [0.15, 0.2) is 0 Å². The molecular formula is C22H26N2O2S. The number of nitrogens with zero attached hydrogens (tertiary/aromatic N) is 2. The highest BCUT2D eigenvalue weighted by atomic mass is 32.1. The number of amides is 1. The molecular weight excluding hydrogens is 356 g/mol. The van der Waals surface area contributed by atoms with E-state index in [1.165, 1.54) is 34.4 Å². The first-order valence-electron chi connectivity index (χ1n) is 10.1. The van der Waals surface area contributed by atoms with Gasteiger partial charge in [-0.15, -0.1) is 11.3 Å². The van der Waals surface area contributed by atoms with Crippen molar-refractivity contribution in [2.45, 2.75) is 38.6 Å². The molecule has 1 aliphatic carbocycles. The summed E-state index contributed by atoms with van der Waals surface area (Å²) in [5, 5.41) is 2.11. The van der Waals surface area contributed by atoms with Crippen LogP contribution in [0.5, 0.6) is 5.75 Å². The Labute approximate surface area is 164 Å². The summed E-state index contributed by atoms with van der Waals surface area (Å²) in [6.45, 7) is 5.33. The van der Waals surface area contributed by atoms with Gasteiger partial charge in [0.25, 0.3) is 5.91 Å². The summed E-state index contributed by atoms with van der Waals surface area (Å²) in [4.78, 5) is 19.0. The molecule has 0 bridgehead atoms. The summed E-state index contributed by atoms with van der Waals surface area (Å²) >= 11 is 1.79. The summed E-state index contributed by atoms with van der Waals surface area (Å²) in [6, 6.07) is 6.58. The van der Waals surface area contributed by atoms with Gasteiger partial charge in [-0.05, 0) is 48.4 Å². The van der Waals surface area contributed by atoms with Crippen LogP contribution in [-0.4, -0.2) is 48.5 Å². The lowest BCUT2D eigenvalue weighted by molar-refractivity contribution is 0.0627. The second kappa shape index (κ2) is 7.28. The number of carbonyl (C=O) groups excluding carboxylic acids is 1. The maximum absolute atomic E-state index is 13.0. The number of aryl methyl sites for hydroxylation is 1. The van der Waals surface area contributed by atoms with Crippen molar-refractivity contribution in [2.24, 2.45) is 0 Å². The SMILES string of the molecule is O=C(c1csc2c1CCCC2)N1CCN(Cc2ccc3c(c2)CCO3)CC1. The maximum atomic E-state index is 13.0. The van der Waals surface area contributed by atoms with Gasteiger partial charge in [0.2, 0.25) is 0 Å². The van der Waals surface area contributed by atoms with Crippen molar-refractivity contribution in [3.63, 3.8) is 0 Å². The van der Waals surface area contributed by atoms with Crippen molar-refractivity contribution in [1.82, 2.24) is 9.80 Å². The molecule has 1 saturated heterocycles. The summed E-state index contributed by atoms with van der Waals surface area (Å²) in [7, 11) is 0. The number of piperazine rings is 1. The molecule has 2 aromatic rings. The molecule has 27 heavy (non-hydrogen) atoms. The zero-order chi connectivity index (χ0) is 18.2. The molecule has 142 valence electrons. The Kier molecular flexibility index (Phi) is 4.66. The fraction of sp³-hybridized carbons (Fsp3) is 0.500. The minimum atomic E-state index is 0.253. The van der Waals surface area contributed by atoms with E-state index in [4.69, 9.17) is 4.74 Å². The highest BCUT2D eigenvalue weighted by molar-refractivity contribution is 7.10. The molecule has 0 radical (unpaired) electrons. The predicted octanol–water partition coefficient (Wildman–Crippen LogP) is 3.52. The molecule has 5 heteroatoms. The molecule has 0 atom stereocenters. The predicted molar refractivity (Wildman–Crippen MR) is 108 cm³/mol. The number of hydrogen-bond donors (Lipinski definition) is 0. The fourth-order valence-corrected chi connectivity index (χ4v) is 5.67. The van der Waals surface area contributed by atoms with E-state index in [1.54, 1.807) is 11.3 Å². The number of hydrogen-bond acceptors (Lipinski definition) is 4. The van der Waals surface area contributed by atoms with Crippen LogP contribution in [0.1, 0.15) is 44.8 Å². The normalized spacial score (nSPS) is 19.5. The average molecular weight is 383 g/mol. The van der Waals surface area contributed by atoms with Crippen LogP contribution >= 0.6 is 11.3 Å². The van der Waals surface area contributed by atoms with Crippen molar-refractivity contribution in [3.8, 4) is 5.75 Å². The van der Waals surface area contributed by atoms with E-state index < -0.39 is 0 Å². The standard InChI is InChI=1S/C22H26N2O2S/c25-22(19-15-27-21-4-2-1-3-18(19)21)24-10-8-23(9-11-24)14-16-5-6-20-17(13-16)7-12-26-20/h5-6,13,15H,1-4,7-12,14H2. The van der Waals surface area contributed by atoms with Gasteiger partial charge in [-0.2, -0.15) is 0 Å². The average Bonchev–Trinajstić information content (AvgIpc) is 3.34. The number of thiophene rings is 1. The molecule has 3 aliphatic rings. The number of carbonyl (C=O) groups is 1. The van der Waals surface area contributed by atoms with E-state index in [-0.39, 0.29) is 5.91 Å². The highest BCUT2D eigenvalue weighted by Crippen LogP contribution is 2.31. The molecule has 1 aromatic heterocycles. The second-order valence-electron chi connectivity index (χ2n) is 7.87. The summed E-state index contributed by atoms with van der Waals surface area (Å²) in [6.07, 6.45) is 5.77. The molecule has 0 spiro atoms. The first kappa shape index (κ1) is 17.3.